The van der Waals surface area contributed by atoms with Gasteiger partial charge in [0.25, 0.3) is 0 Å². The van der Waals surface area contributed by atoms with Crippen molar-refractivity contribution in [2.24, 2.45) is 0 Å². The Hall–Kier alpha value is -0.266. The second-order valence-corrected chi connectivity index (χ2v) is 5.07. The molecule has 3 N–H and O–H groups in total. The maximum Gasteiger partial charge on any atom is 1.00 e. The first-order valence-electron chi connectivity index (χ1n) is 8.95. The number of carbonyl (C=O) groups excluding carboxylic acids is 2. The normalized spacial score (nSPS) is 8.28. The molecule has 7 heteroatoms. The number of aliphatic carboxylic acids is 1. The van der Waals surface area contributed by atoms with Crippen LogP contribution in [-0.2, 0) is 31.3 Å². The third-order valence-corrected chi connectivity index (χ3v) is 2.41. The minimum atomic E-state index is -1.28. The van der Waals surface area contributed by atoms with Crippen LogP contribution in [-0.4, -0.2) is 46.9 Å². The van der Waals surface area contributed by atoms with Crippen LogP contribution in [0.25, 0.3) is 0 Å². The molecule has 0 aromatic heterocycles. The molecule has 0 saturated heterocycles. The van der Waals surface area contributed by atoms with Crippen LogP contribution >= 0.6 is 0 Å². The summed E-state index contributed by atoms with van der Waals surface area (Å²) in [6.07, 6.45) is 6.72. The molecule has 0 spiro atoms. The molecule has 0 rings (SSSR count). The molecule has 0 fully saturated rings. The molecule has 0 aromatic carbocycles. The molecule has 0 aliphatic heterocycles. The zero-order valence-corrected chi connectivity index (χ0v) is 18.1. The number of aliphatic hydroxyl groups is 3. The van der Waals surface area contributed by atoms with Crippen molar-refractivity contribution in [2.45, 2.75) is 85.5 Å². The van der Waals surface area contributed by atoms with Gasteiger partial charge in [-0.25, -0.2) is 0 Å². The topological polar surface area (TPSA) is 118 Å². The number of carboxylic acids is 1. The van der Waals surface area contributed by atoms with Crippen LogP contribution in [0.2, 0.25) is 0 Å². The van der Waals surface area contributed by atoms with Gasteiger partial charge in [-0.2, -0.15) is 0 Å². The van der Waals surface area contributed by atoms with Gasteiger partial charge in [0.05, 0.1) is 0 Å². The van der Waals surface area contributed by atoms with Crippen molar-refractivity contribution < 1.29 is 51.7 Å². The zero-order valence-electron chi connectivity index (χ0n) is 16.6. The minimum absolute atomic E-state index is 0. The first-order chi connectivity index (χ1) is 11.4. The van der Waals surface area contributed by atoms with Crippen LogP contribution in [0.3, 0.4) is 0 Å². The summed E-state index contributed by atoms with van der Waals surface area (Å²) in [5, 5.41) is 34.0. The third kappa shape index (κ3) is 69.1. The zero-order chi connectivity index (χ0) is 19.6. The predicted molar refractivity (Wildman–Crippen MR) is 95.5 cm³/mol. The third-order valence-electron chi connectivity index (χ3n) is 2.41. The second kappa shape index (κ2) is 39.0. The standard InChI is InChI=1S/C6H10O3.3C4H10O.Ti/c1-2-3-5(7)4-6(8)9;3*1-2-3-4-5;/h2-4H2,1H3,(H,8,9);3*5H,2-4H2,1H3;/q;;;;+1/p-1. The summed E-state index contributed by atoms with van der Waals surface area (Å²) in [5.74, 6) is -1.54. The number of carbonyl (C=O) groups is 2. The van der Waals surface area contributed by atoms with E-state index < -0.39 is 12.4 Å². The monoisotopic (exact) mass is 399 g/mol. The van der Waals surface area contributed by atoms with E-state index in [0.29, 0.717) is 32.7 Å². The van der Waals surface area contributed by atoms with Gasteiger partial charge in [-0.3, -0.25) is 4.79 Å². The fourth-order valence-electron chi connectivity index (χ4n) is 1.00. The molecule has 0 aliphatic rings. The summed E-state index contributed by atoms with van der Waals surface area (Å²) in [4.78, 5) is 20.2. The Bertz CT molecular complexity index is 217. The quantitative estimate of drug-likeness (QED) is 0.381. The van der Waals surface area contributed by atoms with Crippen molar-refractivity contribution in [1.82, 2.24) is 0 Å². The SMILES string of the molecule is CCCC(=O)CC(=O)[O-].CCCCO.CCCCO.CCCCO.[Ti+]. The van der Waals surface area contributed by atoms with Gasteiger partial charge in [0.1, 0.15) is 5.78 Å². The Balaban J connectivity index is -0.0000000733. The molecule has 0 bridgehead atoms. The first-order valence-corrected chi connectivity index (χ1v) is 8.95. The molecule has 25 heavy (non-hydrogen) atoms. The van der Waals surface area contributed by atoms with E-state index in [4.69, 9.17) is 15.3 Å². The van der Waals surface area contributed by atoms with Crippen molar-refractivity contribution in [2.75, 3.05) is 19.8 Å². The molecule has 0 aromatic rings. The molecular formula is C18H39O6Ti. The number of rotatable bonds is 10. The van der Waals surface area contributed by atoms with Crippen LogP contribution in [0.1, 0.15) is 85.5 Å². The van der Waals surface area contributed by atoms with E-state index in [2.05, 4.69) is 20.8 Å². The number of hydrogen-bond donors (Lipinski definition) is 3. The Morgan fingerprint density at radius 1 is 0.720 bits per heavy atom. The average molecular weight is 399 g/mol. The Morgan fingerprint density at radius 3 is 1.16 bits per heavy atom. The van der Waals surface area contributed by atoms with E-state index in [-0.39, 0.29) is 27.5 Å². The van der Waals surface area contributed by atoms with Gasteiger partial charge in [-0.05, 0) is 25.7 Å². The van der Waals surface area contributed by atoms with E-state index in [1.807, 2.05) is 6.92 Å². The molecule has 0 saturated carbocycles. The molecule has 0 unspecified atom stereocenters. The molecular weight excluding hydrogens is 360 g/mol. The van der Waals surface area contributed by atoms with Gasteiger partial charge in [0.15, 0.2) is 0 Å². The van der Waals surface area contributed by atoms with Crippen molar-refractivity contribution in [3.8, 4) is 0 Å². The minimum Gasteiger partial charge on any atom is -0.550 e. The molecule has 0 atom stereocenters. The maximum atomic E-state index is 10.4. The van der Waals surface area contributed by atoms with Crippen molar-refractivity contribution in [3.63, 3.8) is 0 Å². The van der Waals surface area contributed by atoms with Gasteiger partial charge in [-0.15, -0.1) is 0 Å². The summed E-state index contributed by atoms with van der Waals surface area (Å²) >= 11 is 0. The number of hydrogen-bond acceptors (Lipinski definition) is 6. The Morgan fingerprint density at radius 2 is 1.04 bits per heavy atom. The molecule has 1 radical (unpaired) electrons. The average Bonchev–Trinajstić information content (AvgIpc) is 2.51. The summed E-state index contributed by atoms with van der Waals surface area (Å²) in [6.45, 7) is 9.01. The van der Waals surface area contributed by atoms with Gasteiger partial charge >= 0.3 is 21.7 Å². The van der Waals surface area contributed by atoms with E-state index >= 15 is 0 Å². The number of carboxylic acid groups (broad SMARTS) is 1. The summed E-state index contributed by atoms with van der Waals surface area (Å²) in [6, 6.07) is 0. The largest absolute Gasteiger partial charge is 1.00 e. The van der Waals surface area contributed by atoms with Gasteiger partial charge in [-0.1, -0.05) is 47.0 Å². The molecule has 0 heterocycles. The molecule has 0 aliphatic carbocycles. The molecule has 0 amide bonds. The van der Waals surface area contributed by atoms with E-state index in [1.54, 1.807) is 0 Å². The maximum absolute atomic E-state index is 10.4. The van der Waals surface area contributed by atoms with Crippen LogP contribution < -0.4 is 5.11 Å². The van der Waals surface area contributed by atoms with Crippen molar-refractivity contribution in [3.05, 3.63) is 0 Å². The summed E-state index contributed by atoms with van der Waals surface area (Å²) in [5.41, 5.74) is 0. The fraction of sp³-hybridized carbons (Fsp3) is 0.889. The van der Waals surface area contributed by atoms with Crippen LogP contribution in [0, 0.1) is 0 Å². The predicted octanol–water partition coefficient (Wildman–Crippen LogP) is 1.83. The van der Waals surface area contributed by atoms with Gasteiger partial charge in [0, 0.05) is 38.6 Å². The first kappa shape index (κ1) is 35.8. The van der Waals surface area contributed by atoms with Crippen molar-refractivity contribution in [1.29, 1.82) is 0 Å². The van der Waals surface area contributed by atoms with Crippen LogP contribution in [0.4, 0.5) is 0 Å². The molecule has 6 nitrogen and oxygen atoms in total. The Labute approximate surface area is 168 Å². The summed E-state index contributed by atoms with van der Waals surface area (Å²) in [7, 11) is 0. The van der Waals surface area contributed by atoms with Crippen LogP contribution in [0.5, 0.6) is 0 Å². The second-order valence-electron chi connectivity index (χ2n) is 5.07. The fourth-order valence-corrected chi connectivity index (χ4v) is 1.00. The van der Waals surface area contributed by atoms with E-state index in [9.17, 15) is 14.7 Å². The number of unbranched alkanes of at least 4 members (excludes halogenated alkanes) is 3. The Kier molecular flexibility index (Phi) is 55.8. The summed E-state index contributed by atoms with van der Waals surface area (Å²) < 4.78 is 0. The molecule has 151 valence electrons. The number of aliphatic hydroxyl groups excluding tert-OH is 3. The number of ketones is 1. The number of Topliss-reactive ketones (excluding diaryl/α,β-unsaturated/α-hetero) is 1. The van der Waals surface area contributed by atoms with E-state index in [1.165, 1.54) is 0 Å². The van der Waals surface area contributed by atoms with Gasteiger partial charge in [0.2, 0.25) is 0 Å². The van der Waals surface area contributed by atoms with Gasteiger partial charge < -0.3 is 25.2 Å². The van der Waals surface area contributed by atoms with Crippen LogP contribution in [0.15, 0.2) is 0 Å². The van der Waals surface area contributed by atoms with E-state index in [0.717, 1.165) is 38.5 Å². The smallest absolute Gasteiger partial charge is 0.550 e. The van der Waals surface area contributed by atoms with Crippen molar-refractivity contribution >= 4 is 11.8 Å².